The van der Waals surface area contributed by atoms with Crippen LogP contribution >= 0.6 is 11.6 Å². The predicted molar refractivity (Wildman–Crippen MR) is 76.4 cm³/mol. The third kappa shape index (κ3) is 3.70. The van der Waals surface area contributed by atoms with E-state index in [1.807, 2.05) is 0 Å². The lowest BCUT2D eigenvalue weighted by Gasteiger charge is -2.26. The molecule has 20 heavy (non-hydrogen) atoms. The summed E-state index contributed by atoms with van der Waals surface area (Å²) in [7, 11) is 0. The van der Waals surface area contributed by atoms with Gasteiger partial charge >= 0.3 is 0 Å². The minimum atomic E-state index is -0.874. The summed E-state index contributed by atoms with van der Waals surface area (Å²) in [5.41, 5.74) is -0.962. The van der Waals surface area contributed by atoms with Crippen molar-refractivity contribution in [3.63, 3.8) is 0 Å². The van der Waals surface area contributed by atoms with E-state index in [-0.39, 0.29) is 17.1 Å². The summed E-state index contributed by atoms with van der Waals surface area (Å²) < 4.78 is 13.7. The maximum Gasteiger partial charge on any atom is 0.254 e. The van der Waals surface area contributed by atoms with Crippen molar-refractivity contribution in [3.05, 3.63) is 34.6 Å². The Labute approximate surface area is 123 Å². The first-order chi connectivity index (χ1) is 9.52. The Hall–Kier alpha value is -1.13. The van der Waals surface area contributed by atoms with Gasteiger partial charge in [-0.25, -0.2) is 4.39 Å². The number of hydrogen-bond acceptors (Lipinski definition) is 2. The Morgan fingerprint density at radius 3 is 2.60 bits per heavy atom. The molecular weight excluding hydrogens is 281 g/mol. The largest absolute Gasteiger partial charge is 0.388 e. The fourth-order valence-electron chi connectivity index (χ4n) is 2.58. The number of carbonyl (C=O) groups is 1. The van der Waals surface area contributed by atoms with Crippen LogP contribution in [0.2, 0.25) is 5.02 Å². The highest BCUT2D eigenvalue weighted by atomic mass is 35.5. The molecule has 0 atom stereocenters. The second-order valence-corrected chi connectivity index (χ2v) is 5.83. The quantitative estimate of drug-likeness (QED) is 0.841. The fourth-order valence-corrected chi connectivity index (χ4v) is 2.76. The highest BCUT2D eigenvalue weighted by molar-refractivity contribution is 6.31. The van der Waals surface area contributed by atoms with E-state index in [2.05, 4.69) is 5.32 Å². The summed E-state index contributed by atoms with van der Waals surface area (Å²) >= 11 is 5.65. The van der Waals surface area contributed by atoms with Gasteiger partial charge in [-0.15, -0.1) is 0 Å². The van der Waals surface area contributed by atoms with E-state index in [4.69, 9.17) is 11.6 Å². The molecule has 2 N–H and O–H groups in total. The van der Waals surface area contributed by atoms with E-state index >= 15 is 0 Å². The monoisotopic (exact) mass is 299 g/mol. The number of amides is 1. The zero-order chi connectivity index (χ0) is 14.6. The summed E-state index contributed by atoms with van der Waals surface area (Å²) in [5.74, 6) is -1.26. The third-order valence-electron chi connectivity index (χ3n) is 3.81. The minimum Gasteiger partial charge on any atom is -0.388 e. The molecule has 2 rings (SSSR count). The van der Waals surface area contributed by atoms with Gasteiger partial charge in [0, 0.05) is 6.54 Å². The van der Waals surface area contributed by atoms with E-state index in [1.54, 1.807) is 0 Å². The number of hydrogen-bond donors (Lipinski definition) is 2. The van der Waals surface area contributed by atoms with E-state index in [9.17, 15) is 14.3 Å². The Balaban J connectivity index is 1.99. The molecule has 1 amide bonds. The molecule has 0 aromatic heterocycles. The molecule has 0 saturated heterocycles. The number of rotatable bonds is 3. The van der Waals surface area contributed by atoms with E-state index in [0.29, 0.717) is 12.8 Å². The predicted octanol–water partition coefficient (Wildman–Crippen LogP) is 3.29. The van der Waals surface area contributed by atoms with Crippen LogP contribution in [0.1, 0.15) is 48.9 Å². The number of benzene rings is 1. The van der Waals surface area contributed by atoms with Crippen LogP contribution in [0.4, 0.5) is 4.39 Å². The fraction of sp³-hybridized carbons (Fsp3) is 0.533. The van der Waals surface area contributed by atoms with Gasteiger partial charge in [0.2, 0.25) is 0 Å². The van der Waals surface area contributed by atoms with Crippen molar-refractivity contribution in [1.29, 1.82) is 0 Å². The van der Waals surface area contributed by atoms with Crippen molar-refractivity contribution in [3.8, 4) is 0 Å². The van der Waals surface area contributed by atoms with Crippen LogP contribution in [-0.4, -0.2) is 23.2 Å². The van der Waals surface area contributed by atoms with Crippen molar-refractivity contribution >= 4 is 17.5 Å². The average Bonchev–Trinajstić information content (AvgIpc) is 2.65. The lowest BCUT2D eigenvalue weighted by molar-refractivity contribution is 0.0246. The van der Waals surface area contributed by atoms with E-state index in [0.717, 1.165) is 25.7 Å². The molecule has 1 aliphatic rings. The minimum absolute atomic E-state index is 0.0779. The van der Waals surface area contributed by atoms with Crippen molar-refractivity contribution in [2.45, 2.75) is 44.1 Å². The average molecular weight is 300 g/mol. The van der Waals surface area contributed by atoms with Crippen molar-refractivity contribution < 1.29 is 14.3 Å². The Morgan fingerprint density at radius 2 is 1.95 bits per heavy atom. The molecule has 0 aliphatic heterocycles. The van der Waals surface area contributed by atoms with Crippen molar-refractivity contribution in [2.75, 3.05) is 6.54 Å². The Kier molecular flexibility index (Phi) is 5.00. The molecule has 110 valence electrons. The van der Waals surface area contributed by atoms with Crippen LogP contribution < -0.4 is 5.32 Å². The molecule has 1 aromatic rings. The van der Waals surface area contributed by atoms with Gasteiger partial charge in [0.15, 0.2) is 5.82 Å². The van der Waals surface area contributed by atoms with Crippen LogP contribution in [0.3, 0.4) is 0 Å². The van der Waals surface area contributed by atoms with E-state index in [1.165, 1.54) is 18.2 Å². The lowest BCUT2D eigenvalue weighted by Crippen LogP contribution is -2.42. The number of halogens is 2. The lowest BCUT2D eigenvalue weighted by atomic mass is 9.94. The molecule has 3 nitrogen and oxygen atoms in total. The van der Waals surface area contributed by atoms with Gasteiger partial charge in [0.05, 0.1) is 16.2 Å². The molecule has 1 aliphatic carbocycles. The van der Waals surface area contributed by atoms with Gasteiger partial charge in [-0.1, -0.05) is 43.4 Å². The first-order valence-electron chi connectivity index (χ1n) is 6.96. The summed E-state index contributed by atoms with van der Waals surface area (Å²) in [6.45, 7) is 0.151. The topological polar surface area (TPSA) is 49.3 Å². The second kappa shape index (κ2) is 6.55. The van der Waals surface area contributed by atoms with Crippen molar-refractivity contribution in [2.24, 2.45) is 0 Å². The van der Waals surface area contributed by atoms with Crippen LogP contribution in [0.25, 0.3) is 0 Å². The molecule has 1 aromatic carbocycles. The first-order valence-corrected chi connectivity index (χ1v) is 7.34. The molecule has 1 fully saturated rings. The molecule has 5 heteroatoms. The summed E-state index contributed by atoms with van der Waals surface area (Å²) in [6.07, 6.45) is 5.48. The highest BCUT2D eigenvalue weighted by Crippen LogP contribution is 2.26. The molecule has 0 radical (unpaired) electrons. The maximum atomic E-state index is 13.7. The molecule has 1 saturated carbocycles. The van der Waals surface area contributed by atoms with Gasteiger partial charge in [0.1, 0.15) is 0 Å². The molecule has 0 bridgehead atoms. The Morgan fingerprint density at radius 1 is 1.30 bits per heavy atom. The normalized spacial score (nSPS) is 18.4. The summed E-state index contributed by atoms with van der Waals surface area (Å²) in [6, 6.07) is 4.31. The van der Waals surface area contributed by atoms with Gasteiger partial charge < -0.3 is 10.4 Å². The standard InChI is InChI=1S/C15H19ClFNO2/c16-12-7-5-6-11(13(12)17)14(19)18-10-15(20)8-3-1-2-4-9-15/h5-7,20H,1-4,8-10H2,(H,18,19). The van der Waals surface area contributed by atoms with Crippen LogP contribution in [0.5, 0.6) is 0 Å². The smallest absolute Gasteiger partial charge is 0.254 e. The number of carbonyl (C=O) groups excluding carboxylic acids is 1. The molecular formula is C15H19ClFNO2. The van der Waals surface area contributed by atoms with Crippen LogP contribution in [0, 0.1) is 5.82 Å². The number of nitrogens with one attached hydrogen (secondary N) is 1. The molecule has 0 unspecified atom stereocenters. The molecule has 0 heterocycles. The SMILES string of the molecule is O=C(NCC1(O)CCCCCC1)c1cccc(Cl)c1F. The van der Waals surface area contributed by atoms with Gasteiger partial charge in [-0.05, 0) is 25.0 Å². The maximum absolute atomic E-state index is 13.7. The number of aliphatic hydroxyl groups is 1. The second-order valence-electron chi connectivity index (χ2n) is 5.42. The summed E-state index contributed by atoms with van der Waals surface area (Å²) in [4.78, 5) is 12.0. The zero-order valence-electron chi connectivity index (χ0n) is 11.3. The van der Waals surface area contributed by atoms with Crippen molar-refractivity contribution in [1.82, 2.24) is 5.32 Å². The van der Waals surface area contributed by atoms with Crippen LogP contribution in [-0.2, 0) is 0 Å². The highest BCUT2D eigenvalue weighted by Gasteiger charge is 2.28. The molecule has 0 spiro atoms. The third-order valence-corrected chi connectivity index (χ3v) is 4.10. The van der Waals surface area contributed by atoms with Crippen LogP contribution in [0.15, 0.2) is 18.2 Å². The zero-order valence-corrected chi connectivity index (χ0v) is 12.0. The Bertz CT molecular complexity index is 485. The first kappa shape index (κ1) is 15.3. The summed E-state index contributed by atoms with van der Waals surface area (Å²) in [5, 5.41) is 13.0. The van der Waals surface area contributed by atoms with Gasteiger partial charge in [-0.2, -0.15) is 0 Å². The van der Waals surface area contributed by atoms with Gasteiger partial charge in [-0.3, -0.25) is 4.79 Å². The van der Waals surface area contributed by atoms with Gasteiger partial charge in [0.25, 0.3) is 5.91 Å². The van der Waals surface area contributed by atoms with E-state index < -0.39 is 17.3 Å².